The molecule has 1 amide bonds. The van der Waals surface area contributed by atoms with E-state index in [-0.39, 0.29) is 18.0 Å². The van der Waals surface area contributed by atoms with Crippen LogP contribution < -0.4 is 10.6 Å². The summed E-state index contributed by atoms with van der Waals surface area (Å²) in [6.45, 7) is 6.67. The Kier molecular flexibility index (Phi) is 5.49. The monoisotopic (exact) mass is 240 g/mol. The van der Waals surface area contributed by atoms with E-state index in [2.05, 4.69) is 28.1 Å². The van der Waals surface area contributed by atoms with E-state index < -0.39 is 0 Å². The van der Waals surface area contributed by atoms with Gasteiger partial charge >= 0.3 is 0 Å². The summed E-state index contributed by atoms with van der Waals surface area (Å²) in [5.41, 5.74) is 0. The molecule has 1 atom stereocenters. The van der Waals surface area contributed by atoms with Crippen molar-refractivity contribution >= 4 is 17.2 Å². The van der Waals surface area contributed by atoms with E-state index in [0.717, 1.165) is 13.0 Å². The summed E-state index contributed by atoms with van der Waals surface area (Å²) >= 11 is 1.75. The average Bonchev–Trinajstić information content (AvgIpc) is 2.69. The first-order valence-electron chi connectivity index (χ1n) is 5.65. The van der Waals surface area contributed by atoms with Gasteiger partial charge in [-0.1, -0.05) is 6.07 Å². The van der Waals surface area contributed by atoms with Crippen LogP contribution in [-0.4, -0.2) is 24.5 Å². The molecule has 3 nitrogen and oxygen atoms in total. The molecule has 1 aromatic heterocycles. The number of carbonyl (C=O) groups excluding carboxylic acids is 1. The van der Waals surface area contributed by atoms with Gasteiger partial charge in [-0.2, -0.15) is 0 Å². The van der Waals surface area contributed by atoms with Crippen LogP contribution in [0.5, 0.6) is 0 Å². The fraction of sp³-hybridized carbons (Fsp3) is 0.583. The van der Waals surface area contributed by atoms with Gasteiger partial charge in [0.25, 0.3) is 0 Å². The third kappa shape index (κ3) is 4.77. The SMILES string of the molecule is CC(C)NC(=O)C(C)NCCc1cccs1. The zero-order chi connectivity index (χ0) is 12.0. The number of rotatable bonds is 6. The van der Waals surface area contributed by atoms with Gasteiger partial charge in [-0.3, -0.25) is 4.79 Å². The fourth-order valence-electron chi connectivity index (χ4n) is 1.37. The molecular weight excluding hydrogens is 220 g/mol. The van der Waals surface area contributed by atoms with Gasteiger partial charge in [0.05, 0.1) is 6.04 Å². The molecule has 16 heavy (non-hydrogen) atoms. The average molecular weight is 240 g/mol. The van der Waals surface area contributed by atoms with Gasteiger partial charge in [-0.05, 0) is 38.6 Å². The lowest BCUT2D eigenvalue weighted by molar-refractivity contribution is -0.123. The van der Waals surface area contributed by atoms with Crippen molar-refractivity contribution in [1.82, 2.24) is 10.6 Å². The third-order valence-electron chi connectivity index (χ3n) is 2.23. The molecule has 0 aliphatic carbocycles. The predicted molar refractivity (Wildman–Crippen MR) is 68.8 cm³/mol. The van der Waals surface area contributed by atoms with E-state index in [4.69, 9.17) is 0 Å². The Labute approximate surface area is 101 Å². The summed E-state index contributed by atoms with van der Waals surface area (Å²) in [4.78, 5) is 12.9. The predicted octanol–water partition coefficient (Wildman–Crippen LogP) is 1.79. The van der Waals surface area contributed by atoms with E-state index in [1.165, 1.54) is 4.88 Å². The molecule has 1 aromatic rings. The maximum atomic E-state index is 11.6. The molecule has 4 heteroatoms. The van der Waals surface area contributed by atoms with Crippen molar-refractivity contribution in [3.05, 3.63) is 22.4 Å². The third-order valence-corrected chi connectivity index (χ3v) is 3.16. The maximum absolute atomic E-state index is 11.6. The molecule has 2 N–H and O–H groups in total. The van der Waals surface area contributed by atoms with Crippen LogP contribution in [0.2, 0.25) is 0 Å². The summed E-state index contributed by atoms with van der Waals surface area (Å²) in [7, 11) is 0. The van der Waals surface area contributed by atoms with Gasteiger partial charge in [-0.25, -0.2) is 0 Å². The highest BCUT2D eigenvalue weighted by atomic mass is 32.1. The molecule has 0 saturated carbocycles. The number of carbonyl (C=O) groups is 1. The van der Waals surface area contributed by atoms with Crippen molar-refractivity contribution in [2.45, 2.75) is 39.3 Å². The molecule has 1 rings (SSSR count). The summed E-state index contributed by atoms with van der Waals surface area (Å²) in [6, 6.07) is 4.25. The molecule has 1 heterocycles. The number of thiophene rings is 1. The lowest BCUT2D eigenvalue weighted by Gasteiger charge is -2.15. The highest BCUT2D eigenvalue weighted by Crippen LogP contribution is 2.08. The zero-order valence-corrected chi connectivity index (χ0v) is 10.9. The second-order valence-electron chi connectivity index (χ2n) is 4.17. The van der Waals surface area contributed by atoms with Gasteiger partial charge in [0.2, 0.25) is 5.91 Å². The highest BCUT2D eigenvalue weighted by Gasteiger charge is 2.12. The van der Waals surface area contributed by atoms with E-state index in [9.17, 15) is 4.79 Å². The van der Waals surface area contributed by atoms with Gasteiger partial charge < -0.3 is 10.6 Å². The number of hydrogen-bond donors (Lipinski definition) is 2. The van der Waals surface area contributed by atoms with E-state index >= 15 is 0 Å². The van der Waals surface area contributed by atoms with Crippen molar-refractivity contribution in [2.75, 3.05) is 6.54 Å². The molecule has 0 spiro atoms. The van der Waals surface area contributed by atoms with Crippen LogP contribution in [0.1, 0.15) is 25.6 Å². The first-order valence-corrected chi connectivity index (χ1v) is 6.53. The Morgan fingerprint density at radius 3 is 2.75 bits per heavy atom. The highest BCUT2D eigenvalue weighted by molar-refractivity contribution is 7.09. The van der Waals surface area contributed by atoms with Crippen molar-refractivity contribution in [2.24, 2.45) is 0 Å². The molecule has 0 aliphatic rings. The van der Waals surface area contributed by atoms with Crippen LogP contribution in [0.25, 0.3) is 0 Å². The van der Waals surface area contributed by atoms with Crippen LogP contribution in [0.4, 0.5) is 0 Å². The standard InChI is InChI=1S/C12H20N2OS/c1-9(2)14-12(15)10(3)13-7-6-11-5-4-8-16-11/h4-5,8-10,13H,6-7H2,1-3H3,(H,14,15). The Morgan fingerprint density at radius 2 is 2.19 bits per heavy atom. The minimum Gasteiger partial charge on any atom is -0.353 e. The van der Waals surface area contributed by atoms with Crippen molar-refractivity contribution in [3.63, 3.8) is 0 Å². The van der Waals surface area contributed by atoms with E-state index in [1.54, 1.807) is 11.3 Å². The van der Waals surface area contributed by atoms with Crippen molar-refractivity contribution in [1.29, 1.82) is 0 Å². The van der Waals surface area contributed by atoms with Crippen LogP contribution >= 0.6 is 11.3 Å². The summed E-state index contributed by atoms with van der Waals surface area (Å²) in [5.74, 6) is 0.0705. The molecule has 0 radical (unpaired) electrons. The minimum atomic E-state index is -0.123. The first-order chi connectivity index (χ1) is 7.59. The molecule has 0 saturated heterocycles. The smallest absolute Gasteiger partial charge is 0.237 e. The van der Waals surface area contributed by atoms with Gasteiger partial charge in [0.1, 0.15) is 0 Å². The second kappa shape index (κ2) is 6.66. The largest absolute Gasteiger partial charge is 0.353 e. The van der Waals surface area contributed by atoms with Crippen LogP contribution in [0.3, 0.4) is 0 Å². The molecule has 90 valence electrons. The Morgan fingerprint density at radius 1 is 1.44 bits per heavy atom. The number of amides is 1. The molecule has 1 unspecified atom stereocenters. The van der Waals surface area contributed by atoms with Crippen LogP contribution in [0.15, 0.2) is 17.5 Å². The van der Waals surface area contributed by atoms with Crippen molar-refractivity contribution in [3.8, 4) is 0 Å². The molecule has 0 fully saturated rings. The molecule has 0 aliphatic heterocycles. The lowest BCUT2D eigenvalue weighted by Crippen LogP contribution is -2.45. The minimum absolute atomic E-state index is 0.0705. The van der Waals surface area contributed by atoms with Gasteiger partial charge in [0.15, 0.2) is 0 Å². The molecular formula is C12H20N2OS. The van der Waals surface area contributed by atoms with E-state index in [1.807, 2.05) is 20.8 Å². The first kappa shape index (κ1) is 13.2. The maximum Gasteiger partial charge on any atom is 0.237 e. The van der Waals surface area contributed by atoms with Gasteiger partial charge in [0, 0.05) is 17.5 Å². The zero-order valence-electron chi connectivity index (χ0n) is 10.1. The Balaban J connectivity index is 2.19. The van der Waals surface area contributed by atoms with E-state index in [0.29, 0.717) is 0 Å². The summed E-state index contributed by atoms with van der Waals surface area (Å²) < 4.78 is 0. The topological polar surface area (TPSA) is 41.1 Å². The van der Waals surface area contributed by atoms with Crippen LogP contribution in [-0.2, 0) is 11.2 Å². The lowest BCUT2D eigenvalue weighted by atomic mass is 10.2. The quantitative estimate of drug-likeness (QED) is 0.796. The normalized spacial score (nSPS) is 12.8. The number of hydrogen-bond acceptors (Lipinski definition) is 3. The Hall–Kier alpha value is -0.870. The second-order valence-corrected chi connectivity index (χ2v) is 5.20. The van der Waals surface area contributed by atoms with Crippen molar-refractivity contribution < 1.29 is 4.79 Å². The van der Waals surface area contributed by atoms with Gasteiger partial charge in [-0.15, -0.1) is 11.3 Å². The fourth-order valence-corrected chi connectivity index (χ4v) is 2.08. The Bertz CT molecular complexity index is 309. The molecule has 0 aromatic carbocycles. The summed E-state index contributed by atoms with van der Waals surface area (Å²) in [6.07, 6.45) is 0.983. The van der Waals surface area contributed by atoms with Crippen LogP contribution in [0, 0.1) is 0 Å². The summed E-state index contributed by atoms with van der Waals surface area (Å²) in [5, 5.41) is 8.18. The molecule has 0 bridgehead atoms. The number of nitrogens with one attached hydrogen (secondary N) is 2.